The monoisotopic (exact) mass is 490 g/mol. The van der Waals surface area contributed by atoms with E-state index in [1.165, 1.54) is 24.3 Å². The lowest BCUT2D eigenvalue weighted by Gasteiger charge is -2.34. The second-order valence-electron chi connectivity index (χ2n) is 8.62. The first kappa shape index (κ1) is 25.0. The largest absolute Gasteiger partial charge is 0.495 e. The Balaban J connectivity index is 1.69. The van der Waals surface area contributed by atoms with Gasteiger partial charge in [-0.15, -0.1) is 0 Å². The van der Waals surface area contributed by atoms with Gasteiger partial charge in [0.15, 0.2) is 5.76 Å². The molecule has 36 heavy (non-hydrogen) atoms. The Bertz CT molecular complexity index is 1160. The van der Waals surface area contributed by atoms with E-state index < -0.39 is 17.9 Å². The molecule has 2 aromatic heterocycles. The lowest BCUT2D eigenvalue weighted by Crippen LogP contribution is -2.49. The van der Waals surface area contributed by atoms with Gasteiger partial charge in [-0.25, -0.2) is 0 Å². The summed E-state index contributed by atoms with van der Waals surface area (Å²) in [6.07, 6.45) is 9.61. The molecule has 1 aliphatic carbocycles. The van der Waals surface area contributed by atoms with Crippen molar-refractivity contribution in [2.24, 2.45) is 0 Å². The van der Waals surface area contributed by atoms with Crippen LogP contribution in [0.15, 0.2) is 71.6 Å². The SMILES string of the molecule is COc1ccccc1N(C(=O)CNC(=O)c1ccco1)[C@H](C(=O)NC1CCCCC1)c1ccncc1. The van der Waals surface area contributed by atoms with Crippen LogP contribution in [0, 0.1) is 0 Å². The van der Waals surface area contributed by atoms with Gasteiger partial charge in [-0.1, -0.05) is 31.4 Å². The summed E-state index contributed by atoms with van der Waals surface area (Å²) < 4.78 is 10.7. The molecule has 3 amide bonds. The Hall–Kier alpha value is -4.14. The smallest absolute Gasteiger partial charge is 0.287 e. The predicted molar refractivity (Wildman–Crippen MR) is 134 cm³/mol. The van der Waals surface area contributed by atoms with Crippen molar-refractivity contribution in [3.8, 4) is 5.75 Å². The molecule has 3 aromatic rings. The number of benzene rings is 1. The minimum absolute atomic E-state index is 0.0452. The van der Waals surface area contributed by atoms with E-state index >= 15 is 0 Å². The Morgan fingerprint density at radius 1 is 1.06 bits per heavy atom. The number of pyridine rings is 1. The molecule has 1 atom stereocenters. The van der Waals surface area contributed by atoms with E-state index in [9.17, 15) is 14.4 Å². The van der Waals surface area contributed by atoms with E-state index in [2.05, 4.69) is 15.6 Å². The summed E-state index contributed by atoms with van der Waals surface area (Å²) >= 11 is 0. The first-order valence-electron chi connectivity index (χ1n) is 12.1. The van der Waals surface area contributed by atoms with Gasteiger partial charge < -0.3 is 19.8 Å². The van der Waals surface area contributed by atoms with E-state index in [1.807, 2.05) is 0 Å². The molecule has 188 valence electrons. The number of nitrogens with one attached hydrogen (secondary N) is 2. The first-order valence-corrected chi connectivity index (χ1v) is 12.1. The summed E-state index contributed by atoms with van der Waals surface area (Å²) in [5, 5.41) is 5.74. The van der Waals surface area contributed by atoms with Crippen LogP contribution in [-0.4, -0.2) is 42.4 Å². The molecule has 1 aliphatic rings. The Morgan fingerprint density at radius 3 is 2.50 bits per heavy atom. The van der Waals surface area contributed by atoms with Crippen molar-refractivity contribution < 1.29 is 23.5 Å². The van der Waals surface area contributed by atoms with Gasteiger partial charge in [-0.2, -0.15) is 0 Å². The molecule has 4 rings (SSSR count). The molecule has 0 spiro atoms. The number of furan rings is 1. The first-order chi connectivity index (χ1) is 17.6. The van der Waals surface area contributed by atoms with Crippen molar-refractivity contribution in [1.82, 2.24) is 15.6 Å². The molecule has 1 fully saturated rings. The van der Waals surface area contributed by atoms with Crippen LogP contribution in [0.2, 0.25) is 0 Å². The highest BCUT2D eigenvalue weighted by molar-refractivity contribution is 6.05. The highest BCUT2D eigenvalue weighted by Crippen LogP contribution is 2.35. The van der Waals surface area contributed by atoms with E-state index in [0.717, 1.165) is 32.1 Å². The zero-order valence-corrected chi connectivity index (χ0v) is 20.2. The number of rotatable bonds is 9. The van der Waals surface area contributed by atoms with Crippen molar-refractivity contribution >= 4 is 23.4 Å². The standard InChI is InChI=1S/C27H30N4O5/c1-35-22-11-6-5-10-21(22)31(24(32)18-29-26(33)23-12-7-17-36-23)25(19-13-15-28-16-14-19)27(34)30-20-8-3-2-4-9-20/h5-7,10-17,20,25H,2-4,8-9,18H2,1H3,(H,29,33)(H,30,34)/t25-/m0/s1. The number of para-hydroxylation sites is 2. The number of nitrogens with zero attached hydrogens (tertiary/aromatic N) is 2. The number of amides is 3. The van der Waals surface area contributed by atoms with Crippen LogP contribution in [0.25, 0.3) is 0 Å². The zero-order valence-electron chi connectivity index (χ0n) is 20.2. The predicted octanol–water partition coefficient (Wildman–Crippen LogP) is 3.64. The van der Waals surface area contributed by atoms with Crippen molar-refractivity contribution in [3.05, 3.63) is 78.5 Å². The van der Waals surface area contributed by atoms with Gasteiger partial charge >= 0.3 is 0 Å². The molecular formula is C27H30N4O5. The number of hydrogen-bond acceptors (Lipinski definition) is 6. The fourth-order valence-electron chi connectivity index (χ4n) is 4.47. The zero-order chi connectivity index (χ0) is 25.3. The third-order valence-electron chi connectivity index (χ3n) is 6.24. The quantitative estimate of drug-likeness (QED) is 0.474. The topological polar surface area (TPSA) is 114 Å². The summed E-state index contributed by atoms with van der Waals surface area (Å²) in [5.74, 6) is -0.801. The van der Waals surface area contributed by atoms with Gasteiger partial charge in [0, 0.05) is 18.4 Å². The number of methoxy groups -OCH3 is 1. The van der Waals surface area contributed by atoms with Crippen LogP contribution in [-0.2, 0) is 9.59 Å². The third kappa shape index (κ3) is 5.91. The Morgan fingerprint density at radius 2 is 1.81 bits per heavy atom. The lowest BCUT2D eigenvalue weighted by molar-refractivity contribution is -0.127. The third-order valence-corrected chi connectivity index (χ3v) is 6.24. The molecule has 0 bridgehead atoms. The van der Waals surface area contributed by atoms with Crippen LogP contribution < -0.4 is 20.3 Å². The van der Waals surface area contributed by atoms with Gasteiger partial charge in [0.05, 0.1) is 25.6 Å². The van der Waals surface area contributed by atoms with Crippen LogP contribution in [0.3, 0.4) is 0 Å². The molecule has 9 heteroatoms. The van der Waals surface area contributed by atoms with Crippen molar-refractivity contribution in [1.29, 1.82) is 0 Å². The lowest BCUT2D eigenvalue weighted by atomic mass is 9.94. The van der Waals surface area contributed by atoms with Crippen LogP contribution in [0.5, 0.6) is 5.75 Å². The second kappa shape index (κ2) is 12.0. The number of carbonyl (C=O) groups excluding carboxylic acids is 3. The molecule has 2 heterocycles. The summed E-state index contributed by atoms with van der Waals surface area (Å²) in [5.41, 5.74) is 1.01. The number of carbonyl (C=O) groups is 3. The average Bonchev–Trinajstić information content (AvgIpc) is 3.46. The van der Waals surface area contributed by atoms with E-state index in [4.69, 9.17) is 9.15 Å². The highest BCUT2D eigenvalue weighted by atomic mass is 16.5. The molecule has 0 saturated heterocycles. The minimum atomic E-state index is -1.00. The molecule has 9 nitrogen and oxygen atoms in total. The normalized spacial score (nSPS) is 14.5. The van der Waals surface area contributed by atoms with E-state index in [0.29, 0.717) is 17.0 Å². The van der Waals surface area contributed by atoms with Crippen LogP contribution in [0.4, 0.5) is 5.69 Å². The van der Waals surface area contributed by atoms with Crippen molar-refractivity contribution in [3.63, 3.8) is 0 Å². The summed E-state index contributed by atoms with van der Waals surface area (Å²) in [7, 11) is 1.50. The summed E-state index contributed by atoms with van der Waals surface area (Å²) in [4.78, 5) is 45.4. The van der Waals surface area contributed by atoms with Crippen LogP contribution in [0.1, 0.15) is 54.3 Å². The number of aromatic nitrogens is 1. The average molecular weight is 491 g/mol. The fourth-order valence-corrected chi connectivity index (χ4v) is 4.47. The number of anilines is 1. The van der Waals surface area contributed by atoms with Gasteiger partial charge in [-0.3, -0.25) is 24.3 Å². The Labute approximate surface area is 209 Å². The van der Waals surface area contributed by atoms with Gasteiger partial charge in [0.2, 0.25) is 11.8 Å². The second-order valence-corrected chi connectivity index (χ2v) is 8.62. The minimum Gasteiger partial charge on any atom is -0.495 e. The highest BCUT2D eigenvalue weighted by Gasteiger charge is 2.35. The molecule has 0 unspecified atom stereocenters. The summed E-state index contributed by atoms with van der Waals surface area (Å²) in [6.45, 7) is -0.351. The Kier molecular flexibility index (Phi) is 8.33. The number of hydrogen-bond donors (Lipinski definition) is 2. The van der Waals surface area contributed by atoms with Crippen LogP contribution >= 0.6 is 0 Å². The molecular weight excluding hydrogens is 460 g/mol. The molecule has 1 saturated carbocycles. The summed E-state index contributed by atoms with van der Waals surface area (Å²) in [6, 6.07) is 12.6. The fraction of sp³-hybridized carbons (Fsp3) is 0.333. The molecule has 0 aliphatic heterocycles. The maximum atomic E-state index is 13.8. The van der Waals surface area contributed by atoms with E-state index in [1.54, 1.807) is 54.9 Å². The molecule has 0 radical (unpaired) electrons. The van der Waals surface area contributed by atoms with Gasteiger partial charge in [-0.05, 0) is 54.8 Å². The van der Waals surface area contributed by atoms with Gasteiger partial charge in [0.25, 0.3) is 5.91 Å². The maximum absolute atomic E-state index is 13.8. The van der Waals surface area contributed by atoms with E-state index in [-0.39, 0.29) is 24.3 Å². The molecule has 1 aromatic carbocycles. The van der Waals surface area contributed by atoms with Crippen molar-refractivity contribution in [2.75, 3.05) is 18.6 Å². The number of ether oxygens (including phenoxy) is 1. The maximum Gasteiger partial charge on any atom is 0.287 e. The molecule has 2 N–H and O–H groups in total. The van der Waals surface area contributed by atoms with Crippen molar-refractivity contribution in [2.45, 2.75) is 44.2 Å². The van der Waals surface area contributed by atoms with Gasteiger partial charge in [0.1, 0.15) is 11.8 Å².